The first-order chi connectivity index (χ1) is 7.88. The normalized spacial score (nSPS) is 14.1. The maximum absolute atomic E-state index is 5.58. The number of nitrogens with one attached hydrogen (secondary N) is 1. The van der Waals surface area contributed by atoms with Gasteiger partial charge in [0, 0.05) is 25.2 Å². The summed E-state index contributed by atoms with van der Waals surface area (Å²) in [6.45, 7) is 2.41. The van der Waals surface area contributed by atoms with Gasteiger partial charge in [-0.2, -0.15) is 5.10 Å². The average Bonchev–Trinajstić information content (AvgIpc) is 2.91. The quantitative estimate of drug-likeness (QED) is 0.782. The van der Waals surface area contributed by atoms with Gasteiger partial charge in [-0.25, -0.2) is 4.68 Å². The van der Waals surface area contributed by atoms with E-state index >= 15 is 0 Å². The Balaban J connectivity index is 2.01. The number of rotatable bonds is 2. The Hall–Kier alpha value is -1.65. The fourth-order valence-corrected chi connectivity index (χ4v) is 2.06. The molecule has 1 aromatic carbocycles. The first-order valence-electron chi connectivity index (χ1n) is 5.44. The summed E-state index contributed by atoms with van der Waals surface area (Å²) in [6, 6.07) is 8.22. The minimum atomic E-state index is 0.582. The molecule has 0 radical (unpaired) electrons. The van der Waals surface area contributed by atoms with Crippen LogP contribution in [0.3, 0.4) is 0 Å². The lowest BCUT2D eigenvalue weighted by Crippen LogP contribution is -2.07. The van der Waals surface area contributed by atoms with E-state index in [1.54, 1.807) is 0 Å². The molecule has 0 amide bonds. The van der Waals surface area contributed by atoms with Crippen molar-refractivity contribution >= 4 is 0 Å². The Morgan fingerprint density at radius 3 is 2.81 bits per heavy atom. The van der Waals surface area contributed by atoms with Crippen LogP contribution in [0.5, 0.6) is 0 Å². The maximum atomic E-state index is 5.58. The molecular formula is C12H14N4. The van der Waals surface area contributed by atoms with Crippen molar-refractivity contribution in [3.63, 3.8) is 0 Å². The smallest absolute Gasteiger partial charge is 0.0649 e. The number of nitrogens with zero attached hydrogens (tertiary/aromatic N) is 2. The minimum Gasteiger partial charge on any atom is -0.326 e. The molecule has 2 heterocycles. The fourth-order valence-electron chi connectivity index (χ4n) is 2.06. The fraction of sp³-hybridized carbons (Fsp3) is 0.250. The predicted molar refractivity (Wildman–Crippen MR) is 62.0 cm³/mol. The van der Waals surface area contributed by atoms with Crippen molar-refractivity contribution in [3.05, 3.63) is 47.3 Å². The van der Waals surface area contributed by atoms with Gasteiger partial charge in [0.2, 0.25) is 0 Å². The van der Waals surface area contributed by atoms with Gasteiger partial charge in [-0.05, 0) is 17.7 Å². The molecule has 0 bridgehead atoms. The van der Waals surface area contributed by atoms with Crippen molar-refractivity contribution in [1.29, 1.82) is 0 Å². The number of benzene rings is 1. The van der Waals surface area contributed by atoms with Crippen LogP contribution in [-0.4, -0.2) is 9.78 Å². The monoisotopic (exact) mass is 214 g/mol. The van der Waals surface area contributed by atoms with E-state index in [1.165, 1.54) is 11.3 Å². The largest absolute Gasteiger partial charge is 0.326 e. The molecule has 82 valence electrons. The van der Waals surface area contributed by atoms with Gasteiger partial charge in [-0.1, -0.05) is 12.1 Å². The van der Waals surface area contributed by atoms with Crippen molar-refractivity contribution in [2.45, 2.75) is 19.6 Å². The highest BCUT2D eigenvalue weighted by atomic mass is 15.3. The molecule has 0 saturated carbocycles. The molecule has 4 nitrogen and oxygen atoms in total. The molecule has 0 saturated heterocycles. The predicted octanol–water partition coefficient (Wildman–Crippen LogP) is 0.934. The molecule has 2 aromatic rings. The highest BCUT2D eigenvalue weighted by Crippen LogP contribution is 2.19. The maximum Gasteiger partial charge on any atom is 0.0649 e. The van der Waals surface area contributed by atoms with E-state index in [0.29, 0.717) is 6.54 Å². The molecule has 1 aliphatic heterocycles. The highest BCUT2D eigenvalue weighted by molar-refractivity contribution is 5.38. The Kier molecular flexibility index (Phi) is 2.23. The molecule has 0 fully saturated rings. The Bertz CT molecular complexity index is 498. The lowest BCUT2D eigenvalue weighted by molar-refractivity contribution is 0.711. The van der Waals surface area contributed by atoms with Gasteiger partial charge in [-0.15, -0.1) is 0 Å². The lowest BCUT2D eigenvalue weighted by Gasteiger charge is -2.06. The van der Waals surface area contributed by atoms with Crippen molar-refractivity contribution in [3.8, 4) is 5.69 Å². The summed E-state index contributed by atoms with van der Waals surface area (Å²) in [5.74, 6) is 0. The number of hydrogen-bond acceptors (Lipinski definition) is 3. The van der Waals surface area contributed by atoms with E-state index in [2.05, 4.69) is 22.5 Å². The van der Waals surface area contributed by atoms with E-state index in [0.717, 1.165) is 24.3 Å². The third-order valence-corrected chi connectivity index (χ3v) is 2.98. The first kappa shape index (κ1) is 9.57. The molecule has 0 aliphatic carbocycles. The van der Waals surface area contributed by atoms with Crippen LogP contribution >= 0.6 is 0 Å². The van der Waals surface area contributed by atoms with E-state index in [-0.39, 0.29) is 0 Å². The van der Waals surface area contributed by atoms with Crippen molar-refractivity contribution < 1.29 is 0 Å². The third kappa shape index (κ3) is 1.43. The van der Waals surface area contributed by atoms with Gasteiger partial charge in [0.1, 0.15) is 0 Å². The lowest BCUT2D eigenvalue weighted by atomic mass is 10.2. The molecule has 0 unspecified atom stereocenters. The molecule has 3 rings (SSSR count). The summed E-state index contributed by atoms with van der Waals surface area (Å²) >= 11 is 0. The van der Waals surface area contributed by atoms with Crippen LogP contribution < -0.4 is 11.1 Å². The summed E-state index contributed by atoms with van der Waals surface area (Å²) in [5, 5.41) is 7.73. The van der Waals surface area contributed by atoms with Crippen LogP contribution in [0.1, 0.15) is 16.8 Å². The molecule has 16 heavy (non-hydrogen) atoms. The van der Waals surface area contributed by atoms with Crippen LogP contribution in [0.4, 0.5) is 0 Å². The van der Waals surface area contributed by atoms with Gasteiger partial charge < -0.3 is 11.1 Å². The minimum absolute atomic E-state index is 0.582. The number of nitrogens with two attached hydrogens (primary N) is 1. The molecule has 0 spiro atoms. The van der Waals surface area contributed by atoms with Gasteiger partial charge in [0.25, 0.3) is 0 Å². The van der Waals surface area contributed by atoms with E-state index < -0.39 is 0 Å². The Morgan fingerprint density at radius 1 is 1.25 bits per heavy atom. The van der Waals surface area contributed by atoms with E-state index in [4.69, 9.17) is 5.73 Å². The highest BCUT2D eigenvalue weighted by Gasteiger charge is 2.16. The summed E-state index contributed by atoms with van der Waals surface area (Å²) in [6.07, 6.45) is 1.94. The molecule has 1 aromatic heterocycles. The topological polar surface area (TPSA) is 55.9 Å². The van der Waals surface area contributed by atoms with E-state index in [1.807, 2.05) is 23.0 Å². The zero-order valence-corrected chi connectivity index (χ0v) is 8.98. The second-order valence-electron chi connectivity index (χ2n) is 4.00. The van der Waals surface area contributed by atoms with Crippen LogP contribution in [0.25, 0.3) is 5.69 Å². The Morgan fingerprint density at radius 2 is 2.06 bits per heavy atom. The summed E-state index contributed by atoms with van der Waals surface area (Å²) in [7, 11) is 0. The van der Waals surface area contributed by atoms with Crippen LogP contribution in [0.15, 0.2) is 30.5 Å². The van der Waals surface area contributed by atoms with Crippen molar-refractivity contribution in [2.24, 2.45) is 5.73 Å². The Labute approximate surface area is 94.1 Å². The SMILES string of the molecule is NCc1ccc(-n2ncc3c2CNC3)cc1. The first-order valence-corrected chi connectivity index (χ1v) is 5.44. The average molecular weight is 214 g/mol. The number of hydrogen-bond donors (Lipinski definition) is 2. The summed E-state index contributed by atoms with van der Waals surface area (Å²) in [4.78, 5) is 0. The number of fused-ring (bicyclic) bond motifs is 1. The van der Waals surface area contributed by atoms with Crippen molar-refractivity contribution in [1.82, 2.24) is 15.1 Å². The van der Waals surface area contributed by atoms with Gasteiger partial charge in [-0.3, -0.25) is 0 Å². The molecular weight excluding hydrogens is 200 g/mol. The summed E-state index contributed by atoms with van der Waals surface area (Å²) in [5.41, 5.74) is 10.4. The van der Waals surface area contributed by atoms with Crippen molar-refractivity contribution in [2.75, 3.05) is 0 Å². The molecule has 3 N–H and O–H groups in total. The zero-order valence-electron chi connectivity index (χ0n) is 8.98. The second-order valence-corrected chi connectivity index (χ2v) is 4.00. The van der Waals surface area contributed by atoms with Crippen LogP contribution in [0.2, 0.25) is 0 Å². The molecule has 4 heteroatoms. The standard InChI is InChI=1S/C12H14N4/c13-5-9-1-3-11(4-2-9)16-12-8-14-6-10(12)7-15-16/h1-4,7,14H,5-6,8,13H2. The second kappa shape index (κ2) is 3.73. The van der Waals surface area contributed by atoms with Gasteiger partial charge in [0.05, 0.1) is 17.6 Å². The third-order valence-electron chi connectivity index (χ3n) is 2.98. The summed E-state index contributed by atoms with van der Waals surface area (Å²) < 4.78 is 2.00. The van der Waals surface area contributed by atoms with Crippen LogP contribution in [-0.2, 0) is 19.6 Å². The number of aromatic nitrogens is 2. The van der Waals surface area contributed by atoms with Crippen LogP contribution in [0, 0.1) is 0 Å². The van der Waals surface area contributed by atoms with Gasteiger partial charge >= 0.3 is 0 Å². The zero-order chi connectivity index (χ0) is 11.0. The van der Waals surface area contributed by atoms with Gasteiger partial charge in [0.15, 0.2) is 0 Å². The molecule has 1 aliphatic rings. The van der Waals surface area contributed by atoms with E-state index in [9.17, 15) is 0 Å². The molecule has 0 atom stereocenters.